The number of nitrogens with zero attached hydrogens (tertiary/aromatic N) is 6. The summed E-state index contributed by atoms with van der Waals surface area (Å²) in [7, 11) is 0. The minimum absolute atomic E-state index is 0.0148. The van der Waals surface area contributed by atoms with Crippen LogP contribution in [-0.2, 0) is 11.3 Å². The van der Waals surface area contributed by atoms with E-state index in [1.54, 1.807) is 46.2 Å². The third-order valence-corrected chi connectivity index (χ3v) is 5.91. The first-order valence-corrected chi connectivity index (χ1v) is 10.8. The molecule has 1 aromatic heterocycles. The monoisotopic (exact) mass is 450 g/mol. The predicted molar refractivity (Wildman–Crippen MR) is 119 cm³/mol. The lowest BCUT2D eigenvalue weighted by Crippen LogP contribution is -2.49. The molecular weight excluding hydrogens is 427 g/mol. The molecule has 0 radical (unpaired) electrons. The van der Waals surface area contributed by atoms with Gasteiger partial charge < -0.3 is 14.5 Å². The van der Waals surface area contributed by atoms with Crippen LogP contribution in [0.3, 0.4) is 0 Å². The van der Waals surface area contributed by atoms with E-state index >= 15 is 4.39 Å². The molecule has 1 atom stereocenters. The third kappa shape index (κ3) is 4.36. The maximum absolute atomic E-state index is 15.0. The number of benzene rings is 2. The smallest absolute Gasteiger partial charge is 0.414 e. The highest BCUT2D eigenvalue weighted by Gasteiger charge is 2.33. The highest BCUT2D eigenvalue weighted by Crippen LogP contribution is 2.29. The minimum atomic E-state index is -0.514. The number of ether oxygens (including phenoxy) is 1. The van der Waals surface area contributed by atoms with Crippen molar-refractivity contribution in [2.75, 3.05) is 42.5 Å². The van der Waals surface area contributed by atoms with Gasteiger partial charge in [-0.15, -0.1) is 5.10 Å². The van der Waals surface area contributed by atoms with Crippen LogP contribution in [0.15, 0.2) is 60.9 Å². The molecule has 10 heteroatoms. The molecule has 0 unspecified atom stereocenters. The van der Waals surface area contributed by atoms with Gasteiger partial charge in [0.1, 0.15) is 11.9 Å². The number of anilines is 2. The number of hydrogen-bond donors (Lipinski definition) is 0. The fraction of sp³-hybridized carbons (Fsp3) is 0.304. The van der Waals surface area contributed by atoms with Gasteiger partial charge in [-0.1, -0.05) is 23.4 Å². The van der Waals surface area contributed by atoms with E-state index < -0.39 is 18.0 Å². The summed E-state index contributed by atoms with van der Waals surface area (Å²) in [6, 6.07) is 13.9. The summed E-state index contributed by atoms with van der Waals surface area (Å²) in [5, 5.41) is 7.62. The molecule has 2 aliphatic heterocycles. The Balaban J connectivity index is 1.22. The van der Waals surface area contributed by atoms with Gasteiger partial charge in [-0.05, 0) is 30.3 Å². The largest absolute Gasteiger partial charge is 0.442 e. The normalized spacial score (nSPS) is 18.5. The number of carbonyl (C=O) groups is 2. The molecule has 3 heterocycles. The second-order valence-electron chi connectivity index (χ2n) is 8.02. The number of hydrogen-bond acceptors (Lipinski definition) is 6. The van der Waals surface area contributed by atoms with Crippen molar-refractivity contribution in [2.45, 2.75) is 12.6 Å². The van der Waals surface area contributed by atoms with Crippen molar-refractivity contribution in [3.63, 3.8) is 0 Å². The highest BCUT2D eigenvalue weighted by molar-refractivity contribution is 5.94. The lowest BCUT2D eigenvalue weighted by Gasteiger charge is -2.36. The standard InChI is InChI=1S/C23H23FN6O3/c24-20-14-18(30-16-19(33-23(30)32)15-29-9-8-25-26-29)6-7-21(20)27-10-12-28(13-11-27)22(31)17-4-2-1-3-5-17/h1-9,14,19H,10-13,15-16H2/t19-/m0/s1. The van der Waals surface area contributed by atoms with E-state index in [9.17, 15) is 9.59 Å². The number of piperazine rings is 1. The Morgan fingerprint density at radius 1 is 1.09 bits per heavy atom. The fourth-order valence-electron chi connectivity index (χ4n) is 4.20. The Morgan fingerprint density at radius 3 is 2.58 bits per heavy atom. The van der Waals surface area contributed by atoms with Gasteiger partial charge in [-0.2, -0.15) is 0 Å². The molecule has 170 valence electrons. The quantitative estimate of drug-likeness (QED) is 0.594. The zero-order valence-corrected chi connectivity index (χ0v) is 17.9. The summed E-state index contributed by atoms with van der Waals surface area (Å²) in [6.07, 6.45) is 2.34. The molecule has 9 nitrogen and oxygen atoms in total. The molecule has 2 amide bonds. The Morgan fingerprint density at radius 2 is 1.88 bits per heavy atom. The summed E-state index contributed by atoms with van der Waals surface area (Å²) in [5.74, 6) is -0.429. The van der Waals surface area contributed by atoms with E-state index in [-0.39, 0.29) is 5.91 Å². The number of cyclic esters (lactones) is 1. The molecule has 2 aromatic carbocycles. The van der Waals surface area contributed by atoms with E-state index in [0.29, 0.717) is 56.2 Å². The van der Waals surface area contributed by atoms with Gasteiger partial charge in [0.2, 0.25) is 0 Å². The molecule has 33 heavy (non-hydrogen) atoms. The lowest BCUT2D eigenvalue weighted by atomic mass is 10.1. The van der Waals surface area contributed by atoms with E-state index in [1.807, 2.05) is 23.1 Å². The molecule has 2 aliphatic rings. The Bertz CT molecular complexity index is 1130. The molecule has 0 aliphatic carbocycles. The van der Waals surface area contributed by atoms with Gasteiger partial charge >= 0.3 is 6.09 Å². The molecule has 0 N–H and O–H groups in total. The molecule has 0 bridgehead atoms. The van der Waals surface area contributed by atoms with Crippen molar-refractivity contribution < 1.29 is 18.7 Å². The average molecular weight is 450 g/mol. The SMILES string of the molecule is O=C(c1ccccc1)N1CCN(c2ccc(N3C[C@H](Cn4ccnn4)OC3=O)cc2F)CC1. The Labute approximate surface area is 189 Å². The second kappa shape index (κ2) is 8.89. The highest BCUT2D eigenvalue weighted by atomic mass is 19.1. The molecule has 3 aromatic rings. The summed E-state index contributed by atoms with van der Waals surface area (Å²) in [4.78, 5) is 30.1. The molecular formula is C23H23FN6O3. The van der Waals surface area contributed by atoms with Crippen LogP contribution in [0.4, 0.5) is 20.6 Å². The summed E-state index contributed by atoms with van der Waals surface area (Å²) in [5.41, 5.74) is 1.55. The van der Waals surface area contributed by atoms with Gasteiger partial charge in [-0.25, -0.2) is 13.9 Å². The second-order valence-corrected chi connectivity index (χ2v) is 8.02. The number of aromatic nitrogens is 3. The Hall–Kier alpha value is -3.95. The molecule has 5 rings (SSSR count). The molecule has 0 spiro atoms. The maximum atomic E-state index is 15.0. The number of rotatable bonds is 5. The maximum Gasteiger partial charge on any atom is 0.414 e. The van der Waals surface area contributed by atoms with Crippen LogP contribution in [-0.4, -0.2) is 70.7 Å². The summed E-state index contributed by atoms with van der Waals surface area (Å²) in [6.45, 7) is 2.77. The molecule has 2 saturated heterocycles. The molecule has 0 saturated carbocycles. The van der Waals surface area contributed by atoms with Crippen LogP contribution < -0.4 is 9.80 Å². The first-order valence-electron chi connectivity index (χ1n) is 10.8. The lowest BCUT2D eigenvalue weighted by molar-refractivity contribution is 0.0746. The van der Waals surface area contributed by atoms with E-state index in [1.165, 1.54) is 11.0 Å². The average Bonchev–Trinajstić information content (AvgIpc) is 3.49. The molecule has 2 fully saturated rings. The van der Waals surface area contributed by atoms with Crippen molar-refractivity contribution in [1.29, 1.82) is 0 Å². The van der Waals surface area contributed by atoms with Gasteiger partial charge in [0.05, 0.1) is 30.7 Å². The van der Waals surface area contributed by atoms with Crippen molar-refractivity contribution in [2.24, 2.45) is 0 Å². The van der Waals surface area contributed by atoms with Crippen LogP contribution in [0, 0.1) is 5.82 Å². The Kier molecular flexibility index (Phi) is 5.64. The summed E-state index contributed by atoms with van der Waals surface area (Å²) >= 11 is 0. The van der Waals surface area contributed by atoms with Crippen LogP contribution in [0.25, 0.3) is 0 Å². The van der Waals surface area contributed by atoms with Gasteiger partial charge in [0, 0.05) is 37.9 Å². The van der Waals surface area contributed by atoms with Gasteiger partial charge in [0.15, 0.2) is 0 Å². The van der Waals surface area contributed by atoms with E-state index in [2.05, 4.69) is 10.3 Å². The van der Waals surface area contributed by atoms with E-state index in [0.717, 1.165) is 0 Å². The first-order chi connectivity index (χ1) is 16.1. The van der Waals surface area contributed by atoms with Crippen LogP contribution in [0.1, 0.15) is 10.4 Å². The number of carbonyl (C=O) groups excluding carboxylic acids is 2. The van der Waals surface area contributed by atoms with Gasteiger partial charge in [0.25, 0.3) is 5.91 Å². The predicted octanol–water partition coefficient (Wildman–Crippen LogP) is 2.41. The first kappa shape index (κ1) is 20.9. The fourth-order valence-corrected chi connectivity index (χ4v) is 4.20. The van der Waals surface area contributed by atoms with Crippen LogP contribution in [0.5, 0.6) is 0 Å². The van der Waals surface area contributed by atoms with E-state index in [4.69, 9.17) is 4.74 Å². The number of halogens is 1. The van der Waals surface area contributed by atoms with Crippen LogP contribution in [0.2, 0.25) is 0 Å². The summed E-state index contributed by atoms with van der Waals surface area (Å²) < 4.78 is 22.0. The topological polar surface area (TPSA) is 83.8 Å². The minimum Gasteiger partial charge on any atom is -0.442 e. The van der Waals surface area contributed by atoms with Crippen molar-refractivity contribution >= 4 is 23.4 Å². The van der Waals surface area contributed by atoms with Crippen LogP contribution >= 0.6 is 0 Å². The number of amides is 2. The van der Waals surface area contributed by atoms with Gasteiger partial charge in [-0.3, -0.25) is 9.69 Å². The third-order valence-electron chi connectivity index (χ3n) is 5.91. The zero-order chi connectivity index (χ0) is 22.8. The van der Waals surface area contributed by atoms with Crippen molar-refractivity contribution in [1.82, 2.24) is 19.9 Å². The van der Waals surface area contributed by atoms with Crippen molar-refractivity contribution in [3.8, 4) is 0 Å². The van der Waals surface area contributed by atoms with Crippen molar-refractivity contribution in [3.05, 3.63) is 72.3 Å². The zero-order valence-electron chi connectivity index (χ0n) is 17.9.